The van der Waals surface area contributed by atoms with Gasteiger partial charge in [-0.05, 0) is 113 Å². The molecule has 0 aliphatic heterocycles. The van der Waals surface area contributed by atoms with Crippen molar-refractivity contribution in [1.82, 2.24) is 9.55 Å². The molecular formula is C58H33N3. The summed E-state index contributed by atoms with van der Waals surface area (Å²) in [6.45, 7) is 0. The van der Waals surface area contributed by atoms with Crippen LogP contribution in [0.5, 0.6) is 0 Å². The highest BCUT2D eigenvalue weighted by Crippen LogP contribution is 2.45. The Balaban J connectivity index is 0.911. The fourth-order valence-corrected chi connectivity index (χ4v) is 10.3. The maximum absolute atomic E-state index is 10.1. The Morgan fingerprint density at radius 2 is 0.852 bits per heavy atom. The maximum Gasteiger partial charge on any atom is 0.0998 e. The summed E-state index contributed by atoms with van der Waals surface area (Å²) in [5.41, 5.74) is 14.6. The molecule has 11 aromatic carbocycles. The number of benzene rings is 11. The van der Waals surface area contributed by atoms with Gasteiger partial charge in [0.05, 0.1) is 28.2 Å². The van der Waals surface area contributed by atoms with E-state index in [0.29, 0.717) is 5.56 Å². The van der Waals surface area contributed by atoms with Crippen LogP contribution in [0.3, 0.4) is 0 Å². The molecule has 0 saturated heterocycles. The Morgan fingerprint density at radius 1 is 0.361 bits per heavy atom. The van der Waals surface area contributed by atoms with Gasteiger partial charge in [-0.25, -0.2) is 0 Å². The van der Waals surface area contributed by atoms with Crippen molar-refractivity contribution in [3.05, 3.63) is 206 Å². The first kappa shape index (κ1) is 33.6. The van der Waals surface area contributed by atoms with Crippen molar-refractivity contribution in [2.24, 2.45) is 0 Å². The topological polar surface area (TPSA) is 41.6 Å². The zero-order valence-electron chi connectivity index (χ0n) is 32.9. The lowest BCUT2D eigenvalue weighted by Gasteiger charge is -2.17. The van der Waals surface area contributed by atoms with Crippen LogP contribution in [-0.4, -0.2) is 9.55 Å². The van der Waals surface area contributed by atoms with Crippen LogP contribution in [-0.2, 0) is 0 Å². The molecule has 2 heterocycles. The summed E-state index contributed by atoms with van der Waals surface area (Å²) in [5.74, 6) is 0. The van der Waals surface area contributed by atoms with Gasteiger partial charge in [-0.2, -0.15) is 5.26 Å². The van der Waals surface area contributed by atoms with Crippen molar-refractivity contribution in [2.75, 3.05) is 0 Å². The summed E-state index contributed by atoms with van der Waals surface area (Å²) in [6, 6.07) is 72.7. The Morgan fingerprint density at radius 3 is 1.48 bits per heavy atom. The smallest absolute Gasteiger partial charge is 0.0998 e. The molecule has 61 heavy (non-hydrogen) atoms. The predicted molar refractivity (Wildman–Crippen MR) is 255 cm³/mol. The van der Waals surface area contributed by atoms with Crippen molar-refractivity contribution in [1.29, 1.82) is 5.26 Å². The molecule has 13 rings (SSSR count). The van der Waals surface area contributed by atoms with E-state index >= 15 is 0 Å². The third-order valence-electron chi connectivity index (χ3n) is 13.0. The number of hydrogen-bond acceptors (Lipinski definition) is 2. The molecule has 2 aromatic heterocycles. The van der Waals surface area contributed by atoms with Crippen molar-refractivity contribution in [2.45, 2.75) is 0 Å². The third kappa shape index (κ3) is 4.88. The third-order valence-corrected chi connectivity index (χ3v) is 13.0. The summed E-state index contributed by atoms with van der Waals surface area (Å²) in [4.78, 5) is 4.70. The van der Waals surface area contributed by atoms with Crippen LogP contribution in [0.2, 0.25) is 0 Å². The zero-order valence-corrected chi connectivity index (χ0v) is 32.9. The van der Waals surface area contributed by atoms with Gasteiger partial charge in [0.25, 0.3) is 0 Å². The quantitative estimate of drug-likeness (QED) is 0.164. The van der Waals surface area contributed by atoms with E-state index in [1.807, 2.05) is 18.3 Å². The molecule has 3 nitrogen and oxygen atoms in total. The van der Waals surface area contributed by atoms with Gasteiger partial charge in [-0.1, -0.05) is 158 Å². The average molecular weight is 772 g/mol. The average Bonchev–Trinajstić information content (AvgIpc) is 3.68. The van der Waals surface area contributed by atoms with Crippen LogP contribution in [0.15, 0.2) is 200 Å². The molecule has 280 valence electrons. The Bertz CT molecular complexity index is 3900. The summed E-state index contributed by atoms with van der Waals surface area (Å²) in [5, 5.41) is 23.3. The molecule has 0 saturated carbocycles. The molecule has 0 amide bonds. The largest absolute Gasteiger partial charge is 0.309 e. The summed E-state index contributed by atoms with van der Waals surface area (Å²) in [6.07, 6.45) is 1.87. The lowest BCUT2D eigenvalue weighted by atomic mass is 9.86. The van der Waals surface area contributed by atoms with E-state index in [0.717, 1.165) is 55.1 Å². The molecule has 0 atom stereocenters. The lowest BCUT2D eigenvalue weighted by molar-refractivity contribution is 1.18. The van der Waals surface area contributed by atoms with Crippen molar-refractivity contribution >= 4 is 75.8 Å². The Hall–Kier alpha value is -8.32. The fourth-order valence-electron chi connectivity index (χ4n) is 10.3. The molecule has 0 N–H and O–H groups in total. The molecule has 0 fully saturated rings. The minimum absolute atomic E-state index is 0.699. The maximum atomic E-state index is 10.1. The standard InChI is InChI=1S/C58H33N3/c59-34-42-23-31-52-56-47(42)28-29-51-46(30-32-53(57(51)56)61(52)43-8-2-1-3-9-43)37-13-11-35(12-14-37)44-24-19-39-22-27-50-45(25-20-40-21-26-49(44)54(39)55(40)50)36-15-17-38(18-16-36)48-10-4-6-41-7-5-33-60-58(41)48/h1-33H. The minimum atomic E-state index is 0.699. The first-order valence-corrected chi connectivity index (χ1v) is 20.8. The Kier molecular flexibility index (Phi) is 7.08. The van der Waals surface area contributed by atoms with E-state index in [-0.39, 0.29) is 0 Å². The first-order chi connectivity index (χ1) is 30.2. The van der Waals surface area contributed by atoms with Crippen LogP contribution in [0.25, 0.3) is 126 Å². The number of hydrogen-bond donors (Lipinski definition) is 0. The zero-order chi connectivity index (χ0) is 40.2. The normalized spacial score (nSPS) is 11.9. The van der Waals surface area contributed by atoms with Gasteiger partial charge in [-0.15, -0.1) is 0 Å². The highest BCUT2D eigenvalue weighted by atomic mass is 15.0. The number of nitriles is 1. The van der Waals surface area contributed by atoms with Gasteiger partial charge in [0, 0.05) is 39.0 Å². The van der Waals surface area contributed by atoms with Gasteiger partial charge in [0.15, 0.2) is 0 Å². The van der Waals surface area contributed by atoms with Crippen LogP contribution in [0, 0.1) is 11.3 Å². The SMILES string of the molecule is N#Cc1ccc2c3c1ccc1c(-c4ccc(-c5ccc6ccc7c(-c8ccc(-c9cccc%10cccnc9%10)cc8)ccc8ccc5c6c87)cc4)ccc(c13)n2-c1ccccc1. The van der Waals surface area contributed by atoms with Gasteiger partial charge < -0.3 is 4.57 Å². The van der Waals surface area contributed by atoms with E-state index in [1.165, 1.54) is 70.9 Å². The van der Waals surface area contributed by atoms with Crippen LogP contribution >= 0.6 is 0 Å². The number of nitrogens with zero attached hydrogens (tertiary/aromatic N) is 3. The van der Waals surface area contributed by atoms with Crippen molar-refractivity contribution in [3.63, 3.8) is 0 Å². The molecule has 13 aromatic rings. The number of fused-ring (bicyclic) bond motifs is 1. The molecule has 0 radical (unpaired) electrons. The van der Waals surface area contributed by atoms with E-state index in [9.17, 15) is 5.26 Å². The van der Waals surface area contributed by atoms with Gasteiger partial charge in [0.1, 0.15) is 0 Å². The van der Waals surface area contributed by atoms with E-state index in [1.54, 1.807) is 0 Å². The van der Waals surface area contributed by atoms with E-state index < -0.39 is 0 Å². The highest BCUT2D eigenvalue weighted by Gasteiger charge is 2.21. The van der Waals surface area contributed by atoms with Gasteiger partial charge in [-0.3, -0.25) is 4.98 Å². The molecule has 3 heteroatoms. The number of pyridine rings is 1. The second-order valence-electron chi connectivity index (χ2n) is 16.1. The second kappa shape index (κ2) is 12.8. The molecular weight excluding hydrogens is 739 g/mol. The number of aromatic nitrogens is 2. The molecule has 0 aliphatic rings. The summed E-state index contributed by atoms with van der Waals surface area (Å²) < 4.78 is 2.33. The van der Waals surface area contributed by atoms with Crippen molar-refractivity contribution in [3.8, 4) is 56.3 Å². The van der Waals surface area contributed by atoms with E-state index in [2.05, 4.69) is 193 Å². The van der Waals surface area contributed by atoms with Gasteiger partial charge in [0.2, 0.25) is 0 Å². The molecule has 0 unspecified atom stereocenters. The van der Waals surface area contributed by atoms with Crippen LogP contribution in [0.4, 0.5) is 0 Å². The van der Waals surface area contributed by atoms with Crippen molar-refractivity contribution < 1.29 is 0 Å². The van der Waals surface area contributed by atoms with E-state index in [4.69, 9.17) is 4.98 Å². The second-order valence-corrected chi connectivity index (χ2v) is 16.1. The molecule has 0 bridgehead atoms. The molecule has 0 aliphatic carbocycles. The van der Waals surface area contributed by atoms with Crippen LogP contribution < -0.4 is 0 Å². The lowest BCUT2D eigenvalue weighted by Crippen LogP contribution is -1.93. The highest BCUT2D eigenvalue weighted by molar-refractivity contribution is 6.29. The Labute approximate surface area is 351 Å². The van der Waals surface area contributed by atoms with Gasteiger partial charge >= 0.3 is 0 Å². The summed E-state index contributed by atoms with van der Waals surface area (Å²) >= 11 is 0. The molecule has 0 spiro atoms. The number of para-hydroxylation sites is 2. The predicted octanol–water partition coefficient (Wildman–Crippen LogP) is 15.4. The monoisotopic (exact) mass is 771 g/mol. The minimum Gasteiger partial charge on any atom is -0.309 e. The number of rotatable bonds is 5. The first-order valence-electron chi connectivity index (χ1n) is 20.8. The summed E-state index contributed by atoms with van der Waals surface area (Å²) in [7, 11) is 0. The van der Waals surface area contributed by atoms with Crippen LogP contribution in [0.1, 0.15) is 5.56 Å². The fraction of sp³-hybridized carbons (Fsp3) is 0.